The molecule has 0 atom stereocenters. The molecule has 0 spiro atoms. The maximum atomic E-state index is 16.0. The van der Waals surface area contributed by atoms with Gasteiger partial charge in [0, 0.05) is 42.7 Å². The van der Waals surface area contributed by atoms with Gasteiger partial charge >= 0.3 is 0 Å². The molecule has 0 N–H and O–H groups in total. The van der Waals surface area contributed by atoms with Crippen molar-refractivity contribution in [1.82, 2.24) is 0 Å². The minimum absolute atomic E-state index is 0.0568. The summed E-state index contributed by atoms with van der Waals surface area (Å²) in [6.45, 7) is 11.2. The van der Waals surface area contributed by atoms with Crippen LogP contribution in [0.4, 0.5) is 0 Å². The Hall–Kier alpha value is -1.05. The van der Waals surface area contributed by atoms with Gasteiger partial charge in [-0.2, -0.15) is 0 Å². The molecule has 0 bridgehead atoms. The summed E-state index contributed by atoms with van der Waals surface area (Å²) in [4.78, 5) is 16.0. The number of carbonyl (C=O) groups excluding carboxylic acids is 1. The molecule has 0 aliphatic rings. The number of ether oxygens (including phenoxy) is 18. The maximum absolute atomic E-state index is 16.0. The largest absolute Gasteiger partial charge is 0.382 e. The normalized spacial score (nSPS) is 12.9. The SMILES string of the molecule is COCCOCCOC(C)(C)C(OCCOCCOC)(OCCOCCOC)C(=O)C(OCCOCCOC)(OCCOCCOC)C(C)(C)OCCOCCOC. The van der Waals surface area contributed by atoms with Crippen molar-refractivity contribution in [3.05, 3.63) is 0 Å². The van der Waals surface area contributed by atoms with Crippen LogP contribution in [0.15, 0.2) is 0 Å². The van der Waals surface area contributed by atoms with E-state index >= 15 is 4.79 Å². The number of ketones is 1. The minimum atomic E-state index is -2.25. The van der Waals surface area contributed by atoms with Crippen LogP contribution in [0.2, 0.25) is 0 Å². The molecule has 19 heteroatoms. The van der Waals surface area contributed by atoms with E-state index in [1.165, 1.54) is 0 Å². The standard InChI is InChI=1S/C39H78O19/c1-36(2,53-29-23-47-17-11-41-5)38(55-31-25-49-19-13-43-7,56-32-26-50-20-14-44-8)35(40)39(57-33-27-51-21-15-45-9,58-34-28-52-22-16-46-10)37(3,4)54-30-24-48-18-12-42-6/h11-34H2,1-10H3. The van der Waals surface area contributed by atoms with E-state index in [9.17, 15) is 0 Å². The van der Waals surface area contributed by atoms with Gasteiger partial charge in [-0.15, -0.1) is 0 Å². The molecule has 0 aromatic rings. The zero-order valence-electron chi connectivity index (χ0n) is 37.2. The lowest BCUT2D eigenvalue weighted by Crippen LogP contribution is -2.73. The first-order valence-electron chi connectivity index (χ1n) is 19.8. The summed E-state index contributed by atoms with van der Waals surface area (Å²) in [6, 6.07) is 0. The van der Waals surface area contributed by atoms with E-state index in [0.717, 1.165) is 0 Å². The van der Waals surface area contributed by atoms with Crippen molar-refractivity contribution in [3.63, 3.8) is 0 Å². The predicted molar refractivity (Wildman–Crippen MR) is 211 cm³/mol. The average Bonchev–Trinajstić information content (AvgIpc) is 3.20. The zero-order valence-corrected chi connectivity index (χ0v) is 37.2. The second-order valence-electron chi connectivity index (χ2n) is 13.3. The van der Waals surface area contributed by atoms with Crippen molar-refractivity contribution in [2.75, 3.05) is 201 Å². The Morgan fingerprint density at radius 1 is 0.276 bits per heavy atom. The van der Waals surface area contributed by atoms with Gasteiger partial charge in [0.05, 0.1) is 159 Å². The highest BCUT2D eigenvalue weighted by Gasteiger charge is 2.68. The molecular weight excluding hydrogens is 772 g/mol. The second-order valence-corrected chi connectivity index (χ2v) is 13.3. The topological polar surface area (TPSA) is 183 Å². The van der Waals surface area contributed by atoms with E-state index in [0.29, 0.717) is 79.3 Å². The minimum Gasteiger partial charge on any atom is -0.382 e. The van der Waals surface area contributed by atoms with Gasteiger partial charge < -0.3 is 85.3 Å². The Bertz CT molecular complexity index is 823. The highest BCUT2D eigenvalue weighted by atomic mass is 16.8. The Kier molecular flexibility index (Phi) is 35.9. The lowest BCUT2D eigenvalue weighted by atomic mass is 9.81. The molecule has 348 valence electrons. The number of carbonyl (C=O) groups is 1. The van der Waals surface area contributed by atoms with Crippen LogP contribution in [0.3, 0.4) is 0 Å². The van der Waals surface area contributed by atoms with Crippen molar-refractivity contribution in [2.24, 2.45) is 0 Å². The molecule has 0 aromatic heterocycles. The summed E-state index contributed by atoms with van der Waals surface area (Å²) in [5.74, 6) is -5.30. The molecule has 58 heavy (non-hydrogen) atoms. The number of rotatable bonds is 46. The summed E-state index contributed by atoms with van der Waals surface area (Å²) < 4.78 is 104. The maximum Gasteiger partial charge on any atom is 0.264 e. The molecule has 0 heterocycles. The zero-order chi connectivity index (χ0) is 43.3. The Labute approximate surface area is 347 Å². The van der Waals surface area contributed by atoms with Crippen LogP contribution in [0, 0.1) is 0 Å². The number of hydrogen-bond donors (Lipinski definition) is 0. The molecule has 0 unspecified atom stereocenters. The molecule has 0 aliphatic heterocycles. The van der Waals surface area contributed by atoms with Crippen molar-refractivity contribution in [2.45, 2.75) is 50.5 Å². The van der Waals surface area contributed by atoms with Crippen LogP contribution in [0.1, 0.15) is 27.7 Å². The van der Waals surface area contributed by atoms with Crippen LogP contribution >= 0.6 is 0 Å². The van der Waals surface area contributed by atoms with E-state index in [4.69, 9.17) is 85.3 Å². The molecule has 0 saturated carbocycles. The van der Waals surface area contributed by atoms with E-state index < -0.39 is 28.6 Å². The third-order valence-corrected chi connectivity index (χ3v) is 8.29. The highest BCUT2D eigenvalue weighted by Crippen LogP contribution is 2.43. The van der Waals surface area contributed by atoms with Crippen LogP contribution in [-0.2, 0) is 90.1 Å². The van der Waals surface area contributed by atoms with Crippen LogP contribution in [-0.4, -0.2) is 230 Å². The highest BCUT2D eigenvalue weighted by molar-refractivity contribution is 5.95. The number of Topliss-reactive ketones (excluding diaryl/α,β-unsaturated/α-hetero) is 1. The van der Waals surface area contributed by atoms with Crippen molar-refractivity contribution < 1.29 is 90.1 Å². The van der Waals surface area contributed by atoms with Gasteiger partial charge in [0.25, 0.3) is 17.4 Å². The molecule has 0 rings (SSSR count). The molecule has 0 fully saturated rings. The lowest BCUT2D eigenvalue weighted by molar-refractivity contribution is -0.353. The van der Waals surface area contributed by atoms with Crippen molar-refractivity contribution in [3.8, 4) is 0 Å². The fourth-order valence-corrected chi connectivity index (χ4v) is 5.15. The third-order valence-electron chi connectivity index (χ3n) is 8.29. The predicted octanol–water partition coefficient (Wildman–Crippen LogP) is 1.58. The molecule has 0 saturated heterocycles. The summed E-state index contributed by atoms with van der Waals surface area (Å²) in [6.07, 6.45) is 0. The van der Waals surface area contributed by atoms with Gasteiger partial charge in [-0.25, -0.2) is 0 Å². The van der Waals surface area contributed by atoms with Gasteiger partial charge in [-0.05, 0) is 27.7 Å². The number of hydrogen-bond acceptors (Lipinski definition) is 19. The van der Waals surface area contributed by atoms with E-state index in [-0.39, 0.29) is 79.3 Å². The first kappa shape index (κ1) is 57.0. The Balaban J connectivity index is 7.36. The smallest absolute Gasteiger partial charge is 0.264 e. The van der Waals surface area contributed by atoms with Gasteiger partial charge in [0.1, 0.15) is 11.2 Å². The Morgan fingerprint density at radius 2 is 0.448 bits per heavy atom. The summed E-state index contributed by atoms with van der Waals surface area (Å²) in [5.41, 5.74) is -3.09. The van der Waals surface area contributed by atoms with Gasteiger partial charge in [0.2, 0.25) is 0 Å². The van der Waals surface area contributed by atoms with E-state index in [1.54, 1.807) is 70.4 Å². The molecule has 0 amide bonds. The van der Waals surface area contributed by atoms with E-state index in [2.05, 4.69) is 0 Å². The lowest BCUT2D eigenvalue weighted by Gasteiger charge is -2.51. The van der Waals surface area contributed by atoms with Crippen LogP contribution in [0.25, 0.3) is 0 Å². The van der Waals surface area contributed by atoms with Crippen LogP contribution in [0.5, 0.6) is 0 Å². The molecule has 0 radical (unpaired) electrons. The molecular formula is C39H78O19. The third kappa shape index (κ3) is 23.2. The van der Waals surface area contributed by atoms with Gasteiger partial charge in [-0.1, -0.05) is 0 Å². The van der Waals surface area contributed by atoms with Crippen molar-refractivity contribution >= 4 is 5.78 Å². The first-order valence-corrected chi connectivity index (χ1v) is 19.8. The van der Waals surface area contributed by atoms with Crippen LogP contribution < -0.4 is 0 Å². The van der Waals surface area contributed by atoms with Crippen molar-refractivity contribution in [1.29, 1.82) is 0 Å². The summed E-state index contributed by atoms with van der Waals surface area (Å²) in [7, 11) is 9.47. The molecule has 0 aliphatic carbocycles. The monoisotopic (exact) mass is 851 g/mol. The summed E-state index contributed by atoms with van der Waals surface area (Å²) >= 11 is 0. The fraction of sp³-hybridized carbons (Fsp3) is 0.974. The number of methoxy groups -OCH3 is 6. The Morgan fingerprint density at radius 3 is 0.638 bits per heavy atom. The van der Waals surface area contributed by atoms with Gasteiger partial charge in [0.15, 0.2) is 0 Å². The first-order chi connectivity index (χ1) is 28.0. The average molecular weight is 851 g/mol. The van der Waals surface area contributed by atoms with Gasteiger partial charge in [-0.3, -0.25) is 4.79 Å². The fourth-order valence-electron chi connectivity index (χ4n) is 5.15. The molecule has 19 nitrogen and oxygen atoms in total. The quantitative estimate of drug-likeness (QED) is 0.0635. The molecule has 0 aromatic carbocycles. The second kappa shape index (κ2) is 36.6. The summed E-state index contributed by atoms with van der Waals surface area (Å²) in [5, 5.41) is 0. The van der Waals surface area contributed by atoms with E-state index in [1.807, 2.05) is 0 Å².